The fourth-order valence-electron chi connectivity index (χ4n) is 1.45. The first kappa shape index (κ1) is 13.9. The third kappa shape index (κ3) is 3.70. The van der Waals surface area contributed by atoms with Crippen LogP contribution in [-0.4, -0.2) is 19.1 Å². The number of anilines is 1. The number of rotatable bonds is 5. The molecule has 1 aromatic heterocycles. The number of amides is 1. The van der Waals surface area contributed by atoms with Gasteiger partial charge in [-0.1, -0.05) is 11.6 Å². The lowest BCUT2D eigenvalue weighted by Gasteiger charge is -2.07. The number of benzene rings is 1. The normalized spacial score (nSPS) is 10.2. The maximum absolute atomic E-state index is 11.9. The second-order valence-corrected chi connectivity index (χ2v) is 5.04. The van der Waals surface area contributed by atoms with Gasteiger partial charge in [0.05, 0.1) is 5.02 Å². The third-order valence-corrected chi connectivity index (χ3v) is 3.66. The number of nitrogens with two attached hydrogens (primary N) is 1. The second-order valence-electron chi connectivity index (χ2n) is 3.71. The van der Waals surface area contributed by atoms with Crippen LogP contribution in [0, 0.1) is 0 Å². The quantitative estimate of drug-likeness (QED) is 0.891. The van der Waals surface area contributed by atoms with Gasteiger partial charge in [-0.15, -0.1) is 11.3 Å². The largest absolute Gasteiger partial charge is 0.492 e. The van der Waals surface area contributed by atoms with E-state index in [1.54, 1.807) is 35.7 Å². The lowest BCUT2D eigenvalue weighted by atomic mass is 10.3. The molecule has 2 aromatic rings. The van der Waals surface area contributed by atoms with E-state index in [1.807, 2.05) is 0 Å². The van der Waals surface area contributed by atoms with E-state index in [0.29, 0.717) is 28.7 Å². The molecule has 1 amide bonds. The van der Waals surface area contributed by atoms with Crippen LogP contribution in [0.2, 0.25) is 5.02 Å². The zero-order chi connectivity index (χ0) is 13.7. The summed E-state index contributed by atoms with van der Waals surface area (Å²) in [5.41, 5.74) is 6.04. The van der Waals surface area contributed by atoms with Crippen LogP contribution < -0.4 is 15.8 Å². The van der Waals surface area contributed by atoms with E-state index in [2.05, 4.69) is 5.32 Å². The number of hydrogen-bond acceptors (Lipinski definition) is 4. The van der Waals surface area contributed by atoms with Crippen molar-refractivity contribution in [3.8, 4) is 5.75 Å². The fraction of sp³-hybridized carbons (Fsp3) is 0.154. The summed E-state index contributed by atoms with van der Waals surface area (Å²) in [7, 11) is 0. The van der Waals surface area contributed by atoms with Gasteiger partial charge in [0.2, 0.25) is 0 Å². The Bertz CT molecular complexity index is 554. The van der Waals surface area contributed by atoms with Crippen molar-refractivity contribution < 1.29 is 9.53 Å². The van der Waals surface area contributed by atoms with Gasteiger partial charge in [-0.3, -0.25) is 4.79 Å². The van der Waals surface area contributed by atoms with Gasteiger partial charge in [0.25, 0.3) is 5.91 Å². The lowest BCUT2D eigenvalue weighted by Crippen LogP contribution is -2.11. The Morgan fingerprint density at radius 1 is 1.32 bits per heavy atom. The zero-order valence-corrected chi connectivity index (χ0v) is 11.6. The molecule has 6 heteroatoms. The van der Waals surface area contributed by atoms with Gasteiger partial charge in [0.15, 0.2) is 0 Å². The van der Waals surface area contributed by atoms with Crippen LogP contribution >= 0.6 is 22.9 Å². The smallest absolute Gasteiger partial charge is 0.267 e. The summed E-state index contributed by atoms with van der Waals surface area (Å²) in [5, 5.41) is 5.02. The molecule has 19 heavy (non-hydrogen) atoms. The number of carbonyl (C=O) groups excluding carboxylic acids is 1. The molecular weight excluding hydrogens is 284 g/mol. The molecule has 3 N–H and O–H groups in total. The number of ether oxygens (including phenoxy) is 1. The van der Waals surface area contributed by atoms with Gasteiger partial charge in [0, 0.05) is 12.2 Å². The molecule has 0 aliphatic carbocycles. The molecule has 0 bridgehead atoms. The predicted octanol–water partition coefficient (Wildman–Crippen LogP) is 2.99. The van der Waals surface area contributed by atoms with Crippen LogP contribution in [0.5, 0.6) is 5.75 Å². The molecule has 100 valence electrons. The molecule has 1 heterocycles. The highest BCUT2D eigenvalue weighted by atomic mass is 35.5. The van der Waals surface area contributed by atoms with Crippen molar-refractivity contribution in [2.75, 3.05) is 18.5 Å². The first-order chi connectivity index (χ1) is 9.20. The van der Waals surface area contributed by atoms with E-state index in [-0.39, 0.29) is 5.91 Å². The van der Waals surface area contributed by atoms with Crippen molar-refractivity contribution in [3.05, 3.63) is 45.6 Å². The summed E-state index contributed by atoms with van der Waals surface area (Å²) >= 11 is 7.21. The number of hydrogen-bond donors (Lipinski definition) is 2. The highest BCUT2D eigenvalue weighted by Gasteiger charge is 2.11. The Morgan fingerprint density at radius 2 is 2.05 bits per heavy atom. The van der Waals surface area contributed by atoms with Crippen LogP contribution in [-0.2, 0) is 0 Å². The van der Waals surface area contributed by atoms with Crippen LogP contribution in [0.25, 0.3) is 0 Å². The molecule has 0 spiro atoms. The maximum atomic E-state index is 11.9. The highest BCUT2D eigenvalue weighted by molar-refractivity contribution is 7.12. The van der Waals surface area contributed by atoms with Crippen LogP contribution in [0.1, 0.15) is 9.67 Å². The van der Waals surface area contributed by atoms with Crippen molar-refractivity contribution in [1.82, 2.24) is 0 Å². The molecule has 0 saturated carbocycles. The Kier molecular flexibility index (Phi) is 4.79. The van der Waals surface area contributed by atoms with Crippen molar-refractivity contribution in [2.45, 2.75) is 0 Å². The Labute approximate surface area is 120 Å². The van der Waals surface area contributed by atoms with E-state index >= 15 is 0 Å². The van der Waals surface area contributed by atoms with Crippen LogP contribution in [0.3, 0.4) is 0 Å². The number of thiophene rings is 1. The fourth-order valence-corrected chi connectivity index (χ4v) is 2.49. The molecule has 0 atom stereocenters. The van der Waals surface area contributed by atoms with Gasteiger partial charge in [-0.05, 0) is 35.7 Å². The standard InChI is InChI=1S/C13H13ClN2O2S/c14-11-5-8-19-12(11)13(17)16-9-1-3-10(4-2-9)18-7-6-15/h1-5,8H,6-7,15H2,(H,16,17). The van der Waals surface area contributed by atoms with Crippen molar-refractivity contribution in [1.29, 1.82) is 0 Å². The van der Waals surface area contributed by atoms with Crippen molar-refractivity contribution >= 4 is 34.5 Å². The Balaban J connectivity index is 2.00. The minimum absolute atomic E-state index is 0.212. The van der Waals surface area contributed by atoms with E-state index in [9.17, 15) is 4.79 Å². The van der Waals surface area contributed by atoms with Gasteiger partial charge in [-0.25, -0.2) is 0 Å². The Morgan fingerprint density at radius 3 is 2.63 bits per heavy atom. The number of halogens is 1. The molecule has 0 unspecified atom stereocenters. The Hall–Kier alpha value is -1.56. The predicted molar refractivity (Wildman–Crippen MR) is 78.3 cm³/mol. The summed E-state index contributed by atoms with van der Waals surface area (Å²) in [6.45, 7) is 0.936. The average molecular weight is 297 g/mol. The molecule has 4 nitrogen and oxygen atoms in total. The van der Waals surface area contributed by atoms with Crippen molar-refractivity contribution in [3.63, 3.8) is 0 Å². The summed E-state index contributed by atoms with van der Waals surface area (Å²) in [4.78, 5) is 12.4. The zero-order valence-electron chi connectivity index (χ0n) is 10.1. The van der Waals surface area contributed by atoms with E-state index in [1.165, 1.54) is 11.3 Å². The monoisotopic (exact) mass is 296 g/mol. The van der Waals surface area contributed by atoms with Gasteiger partial charge in [0.1, 0.15) is 17.2 Å². The molecule has 0 aliphatic rings. The van der Waals surface area contributed by atoms with Crippen LogP contribution in [0.15, 0.2) is 35.7 Å². The molecule has 0 fully saturated rings. The molecule has 0 saturated heterocycles. The van der Waals surface area contributed by atoms with E-state index in [0.717, 1.165) is 5.75 Å². The number of carbonyl (C=O) groups is 1. The minimum Gasteiger partial charge on any atom is -0.492 e. The van der Waals surface area contributed by atoms with Gasteiger partial charge < -0.3 is 15.8 Å². The lowest BCUT2D eigenvalue weighted by molar-refractivity contribution is 0.103. The van der Waals surface area contributed by atoms with E-state index < -0.39 is 0 Å². The third-order valence-electron chi connectivity index (χ3n) is 2.32. The SMILES string of the molecule is NCCOc1ccc(NC(=O)c2sccc2Cl)cc1. The molecule has 2 rings (SSSR count). The summed E-state index contributed by atoms with van der Waals surface area (Å²) in [6, 6.07) is 8.80. The summed E-state index contributed by atoms with van der Waals surface area (Å²) < 4.78 is 5.35. The summed E-state index contributed by atoms with van der Waals surface area (Å²) in [5.74, 6) is 0.508. The first-order valence-corrected chi connectivity index (χ1v) is 6.93. The minimum atomic E-state index is -0.212. The van der Waals surface area contributed by atoms with E-state index in [4.69, 9.17) is 22.1 Å². The number of nitrogens with one attached hydrogen (secondary N) is 1. The van der Waals surface area contributed by atoms with Gasteiger partial charge in [-0.2, -0.15) is 0 Å². The maximum Gasteiger partial charge on any atom is 0.267 e. The van der Waals surface area contributed by atoms with Crippen LogP contribution in [0.4, 0.5) is 5.69 Å². The van der Waals surface area contributed by atoms with Crippen molar-refractivity contribution in [2.24, 2.45) is 5.73 Å². The molecule has 0 radical (unpaired) electrons. The highest BCUT2D eigenvalue weighted by Crippen LogP contribution is 2.23. The molecule has 1 aromatic carbocycles. The average Bonchev–Trinajstić information content (AvgIpc) is 2.84. The molecular formula is C13H13ClN2O2S. The topological polar surface area (TPSA) is 64.3 Å². The van der Waals surface area contributed by atoms with Gasteiger partial charge >= 0.3 is 0 Å². The second kappa shape index (κ2) is 6.56. The first-order valence-electron chi connectivity index (χ1n) is 5.68. The summed E-state index contributed by atoms with van der Waals surface area (Å²) in [6.07, 6.45) is 0. The molecule has 0 aliphatic heterocycles.